The summed E-state index contributed by atoms with van der Waals surface area (Å²) in [7, 11) is 0. The molecule has 0 aromatic carbocycles. The molecule has 0 radical (unpaired) electrons. The number of unbranched alkanes of at least 4 members (excludes halogenated alkanes) is 8. The van der Waals surface area contributed by atoms with Gasteiger partial charge in [-0.05, 0) is 19.8 Å². The second-order valence-electron chi connectivity index (χ2n) is 7.09. The molecule has 0 fully saturated rings. The van der Waals surface area contributed by atoms with Crippen molar-refractivity contribution in [3.05, 3.63) is 28.2 Å². The largest absolute Gasteiger partial charge is 0.503 e. The summed E-state index contributed by atoms with van der Waals surface area (Å²) < 4.78 is 1.84. The monoisotopic (exact) mass is 364 g/mol. The summed E-state index contributed by atoms with van der Waals surface area (Å²) in [4.78, 5) is 23.1. The van der Waals surface area contributed by atoms with Gasteiger partial charge in [0, 0.05) is 31.8 Å². The first kappa shape index (κ1) is 22.3. The summed E-state index contributed by atoms with van der Waals surface area (Å²) >= 11 is 0. The topological polar surface area (TPSA) is 71.3 Å². The molecule has 0 unspecified atom stereocenters. The number of nitrogens with zero attached hydrogens (tertiary/aromatic N) is 1. The molecular formula is C21H36N2O3. The van der Waals surface area contributed by atoms with Gasteiger partial charge in [0.15, 0.2) is 5.75 Å². The minimum Gasteiger partial charge on any atom is -0.503 e. The molecule has 0 saturated carbocycles. The molecule has 5 nitrogen and oxygen atoms in total. The van der Waals surface area contributed by atoms with Gasteiger partial charge in [0.1, 0.15) is 0 Å². The van der Waals surface area contributed by atoms with E-state index in [9.17, 15) is 14.7 Å². The van der Waals surface area contributed by atoms with Crippen LogP contribution in [0.3, 0.4) is 0 Å². The Balaban J connectivity index is 2.02. The maximum absolute atomic E-state index is 11.8. The molecule has 1 heterocycles. The molecule has 5 heteroatoms. The van der Waals surface area contributed by atoms with E-state index >= 15 is 0 Å². The van der Waals surface area contributed by atoms with Crippen molar-refractivity contribution in [3.8, 4) is 5.75 Å². The number of aromatic hydroxyl groups is 1. The number of hydrogen-bond acceptors (Lipinski definition) is 3. The predicted octanol–water partition coefficient (Wildman–Crippen LogP) is 4.29. The third-order valence-electron chi connectivity index (χ3n) is 4.82. The molecular weight excluding hydrogens is 328 g/mol. The quantitative estimate of drug-likeness (QED) is 0.484. The Morgan fingerprint density at radius 1 is 1.04 bits per heavy atom. The van der Waals surface area contributed by atoms with Crippen LogP contribution in [0.2, 0.25) is 0 Å². The van der Waals surface area contributed by atoms with Crippen LogP contribution >= 0.6 is 0 Å². The number of nitrogens with one attached hydrogen (secondary N) is 1. The number of aryl methyl sites for hydroxylation is 1. The Morgan fingerprint density at radius 2 is 1.65 bits per heavy atom. The second-order valence-corrected chi connectivity index (χ2v) is 7.09. The normalized spacial score (nSPS) is 10.8. The first-order valence-corrected chi connectivity index (χ1v) is 10.2. The van der Waals surface area contributed by atoms with Crippen LogP contribution in [0, 0.1) is 6.92 Å². The molecule has 1 amide bonds. The molecule has 1 rings (SSSR count). The first-order valence-electron chi connectivity index (χ1n) is 10.2. The highest BCUT2D eigenvalue weighted by atomic mass is 16.3. The van der Waals surface area contributed by atoms with Gasteiger partial charge in [-0.3, -0.25) is 9.59 Å². The molecule has 148 valence electrons. The van der Waals surface area contributed by atoms with Crippen LogP contribution in [0.15, 0.2) is 17.1 Å². The highest BCUT2D eigenvalue weighted by Gasteiger charge is 2.05. The molecule has 0 saturated heterocycles. The molecule has 0 aliphatic carbocycles. The molecule has 2 N–H and O–H groups in total. The molecule has 0 aliphatic heterocycles. The lowest BCUT2D eigenvalue weighted by molar-refractivity contribution is -0.121. The van der Waals surface area contributed by atoms with Gasteiger partial charge >= 0.3 is 0 Å². The van der Waals surface area contributed by atoms with Crippen LogP contribution in [0.1, 0.15) is 83.2 Å². The van der Waals surface area contributed by atoms with E-state index in [2.05, 4.69) is 12.2 Å². The van der Waals surface area contributed by atoms with E-state index in [0.717, 1.165) is 19.3 Å². The number of carbonyl (C=O) groups is 1. The van der Waals surface area contributed by atoms with Crippen molar-refractivity contribution in [1.82, 2.24) is 9.88 Å². The lowest BCUT2D eigenvalue weighted by atomic mass is 10.1. The van der Waals surface area contributed by atoms with Crippen LogP contribution in [-0.4, -0.2) is 22.1 Å². The van der Waals surface area contributed by atoms with E-state index in [0.29, 0.717) is 25.2 Å². The van der Waals surface area contributed by atoms with Gasteiger partial charge in [-0.1, -0.05) is 58.3 Å². The Hall–Kier alpha value is -1.78. The van der Waals surface area contributed by atoms with E-state index in [1.54, 1.807) is 13.1 Å². The van der Waals surface area contributed by atoms with Gasteiger partial charge in [0.2, 0.25) is 11.3 Å². The fourth-order valence-electron chi connectivity index (χ4n) is 3.07. The number of hydrogen-bond donors (Lipinski definition) is 2. The van der Waals surface area contributed by atoms with Crippen molar-refractivity contribution in [2.45, 2.75) is 91.0 Å². The van der Waals surface area contributed by atoms with Gasteiger partial charge in [0.05, 0.1) is 5.69 Å². The van der Waals surface area contributed by atoms with Crippen molar-refractivity contribution >= 4 is 5.91 Å². The number of aromatic nitrogens is 1. The van der Waals surface area contributed by atoms with Crippen LogP contribution in [0.5, 0.6) is 5.75 Å². The van der Waals surface area contributed by atoms with Crippen LogP contribution in [0.25, 0.3) is 0 Å². The summed E-state index contributed by atoms with van der Waals surface area (Å²) in [6.07, 6.45) is 14.4. The van der Waals surface area contributed by atoms with Crippen molar-refractivity contribution in [1.29, 1.82) is 0 Å². The molecule has 1 aromatic heterocycles. The van der Waals surface area contributed by atoms with Crippen LogP contribution in [-0.2, 0) is 11.3 Å². The van der Waals surface area contributed by atoms with Crippen molar-refractivity contribution in [2.75, 3.05) is 6.54 Å². The lowest BCUT2D eigenvalue weighted by Gasteiger charge is -2.11. The molecule has 0 atom stereocenters. The first-order chi connectivity index (χ1) is 12.6. The maximum Gasteiger partial charge on any atom is 0.223 e. The summed E-state index contributed by atoms with van der Waals surface area (Å²) in [5, 5.41) is 12.6. The zero-order valence-electron chi connectivity index (χ0n) is 16.6. The number of pyridine rings is 1. The van der Waals surface area contributed by atoms with E-state index < -0.39 is 0 Å². The molecule has 26 heavy (non-hydrogen) atoms. The Labute approximate surface area is 157 Å². The van der Waals surface area contributed by atoms with E-state index in [1.807, 2.05) is 4.57 Å². The summed E-state index contributed by atoms with van der Waals surface area (Å²) in [5.74, 6) is -0.0747. The van der Waals surface area contributed by atoms with Crippen LogP contribution < -0.4 is 10.7 Å². The van der Waals surface area contributed by atoms with Crippen LogP contribution in [0.4, 0.5) is 0 Å². The number of rotatable bonds is 14. The minimum atomic E-state index is -0.354. The summed E-state index contributed by atoms with van der Waals surface area (Å²) in [5.41, 5.74) is 0.214. The van der Waals surface area contributed by atoms with Gasteiger partial charge in [-0.15, -0.1) is 0 Å². The van der Waals surface area contributed by atoms with Crippen molar-refractivity contribution in [2.24, 2.45) is 0 Å². The number of amides is 1. The zero-order valence-corrected chi connectivity index (χ0v) is 16.6. The molecule has 0 aliphatic rings. The Morgan fingerprint density at radius 3 is 2.31 bits per heavy atom. The van der Waals surface area contributed by atoms with Crippen molar-refractivity contribution in [3.63, 3.8) is 0 Å². The van der Waals surface area contributed by atoms with E-state index in [4.69, 9.17) is 0 Å². The second kappa shape index (κ2) is 13.4. The van der Waals surface area contributed by atoms with Crippen molar-refractivity contribution < 1.29 is 9.90 Å². The summed E-state index contributed by atoms with van der Waals surface area (Å²) in [6, 6.07) is 1.37. The van der Waals surface area contributed by atoms with Gasteiger partial charge < -0.3 is 15.0 Å². The minimum absolute atomic E-state index is 0.118. The fourth-order valence-corrected chi connectivity index (χ4v) is 3.07. The SMILES string of the molecule is CCCCCCCCCCCC(=O)NCCCn1ccc(=O)c(O)c1C. The maximum atomic E-state index is 11.8. The molecule has 0 spiro atoms. The standard InChI is InChI=1S/C21H36N2O3/c1-3-4-5-6-7-8-9-10-11-13-20(25)22-15-12-16-23-17-14-19(24)21(26)18(23)2/h14,17,26H,3-13,15-16H2,1-2H3,(H,22,25). The van der Waals surface area contributed by atoms with Gasteiger partial charge in [0.25, 0.3) is 0 Å². The molecule has 1 aromatic rings. The third-order valence-corrected chi connectivity index (χ3v) is 4.82. The third kappa shape index (κ3) is 9.07. The van der Waals surface area contributed by atoms with Gasteiger partial charge in [-0.25, -0.2) is 0 Å². The smallest absolute Gasteiger partial charge is 0.223 e. The van der Waals surface area contributed by atoms with E-state index in [-0.39, 0.29) is 17.1 Å². The molecule has 0 bridgehead atoms. The lowest BCUT2D eigenvalue weighted by Crippen LogP contribution is -2.25. The Kier molecular flexibility index (Phi) is 11.5. The van der Waals surface area contributed by atoms with E-state index in [1.165, 1.54) is 51.0 Å². The highest BCUT2D eigenvalue weighted by molar-refractivity contribution is 5.75. The zero-order chi connectivity index (χ0) is 19.2. The van der Waals surface area contributed by atoms with Gasteiger partial charge in [-0.2, -0.15) is 0 Å². The predicted molar refractivity (Wildman–Crippen MR) is 107 cm³/mol. The summed E-state index contributed by atoms with van der Waals surface area (Å²) in [6.45, 7) is 5.24. The highest BCUT2D eigenvalue weighted by Crippen LogP contribution is 2.11. The average Bonchev–Trinajstić information content (AvgIpc) is 2.63. The average molecular weight is 365 g/mol. The number of carbonyl (C=O) groups excluding carboxylic acids is 1. The fraction of sp³-hybridized carbons (Fsp3) is 0.714. The Bertz CT molecular complexity index is 581.